The maximum Gasteiger partial charge on any atom is 0.232 e. The molecular formula is C14H17FN2O2. The van der Waals surface area contributed by atoms with Gasteiger partial charge in [-0.25, -0.2) is 4.39 Å². The number of hydrogen-bond acceptors (Lipinski definition) is 3. The highest BCUT2D eigenvalue weighted by molar-refractivity contribution is 6.11. The summed E-state index contributed by atoms with van der Waals surface area (Å²) in [6.45, 7) is 5.96. The van der Waals surface area contributed by atoms with Crippen molar-refractivity contribution >= 4 is 17.3 Å². The van der Waals surface area contributed by atoms with E-state index in [1.54, 1.807) is 11.0 Å². The van der Waals surface area contributed by atoms with Gasteiger partial charge in [-0.1, -0.05) is 25.9 Å². The lowest BCUT2D eigenvalue weighted by Crippen LogP contribution is -2.43. The molecule has 1 N–H and O–H groups in total. The summed E-state index contributed by atoms with van der Waals surface area (Å²) in [5.74, 6) is -0.442. The van der Waals surface area contributed by atoms with Crippen LogP contribution in [0.4, 0.5) is 10.1 Å². The van der Waals surface area contributed by atoms with Gasteiger partial charge in [0.05, 0.1) is 11.4 Å². The van der Waals surface area contributed by atoms with E-state index in [-0.39, 0.29) is 5.91 Å². The maximum atomic E-state index is 13.3. The molecule has 4 nitrogen and oxygen atoms in total. The van der Waals surface area contributed by atoms with Crippen LogP contribution in [0, 0.1) is 11.2 Å². The van der Waals surface area contributed by atoms with Gasteiger partial charge in [0, 0.05) is 23.9 Å². The molecule has 0 unspecified atom stereocenters. The van der Waals surface area contributed by atoms with Crippen LogP contribution in [0.25, 0.3) is 0 Å². The molecule has 0 fully saturated rings. The number of rotatable bonds is 0. The average Bonchev–Trinajstić information content (AvgIpc) is 2.35. The summed E-state index contributed by atoms with van der Waals surface area (Å²) in [6.07, 6.45) is 0.411. The minimum Gasteiger partial charge on any atom is -0.411 e. The van der Waals surface area contributed by atoms with E-state index in [4.69, 9.17) is 5.21 Å². The Bertz CT molecular complexity index is 547. The molecule has 5 heteroatoms. The van der Waals surface area contributed by atoms with Gasteiger partial charge in [0.25, 0.3) is 0 Å². The van der Waals surface area contributed by atoms with E-state index >= 15 is 0 Å². The predicted molar refractivity (Wildman–Crippen MR) is 71.1 cm³/mol. The Morgan fingerprint density at radius 2 is 2.11 bits per heavy atom. The summed E-state index contributed by atoms with van der Waals surface area (Å²) in [5, 5.41) is 12.2. The normalized spacial score (nSPS) is 17.5. The lowest BCUT2D eigenvalue weighted by molar-refractivity contribution is -0.125. The highest BCUT2D eigenvalue weighted by Gasteiger charge is 2.33. The second kappa shape index (κ2) is 4.64. The van der Waals surface area contributed by atoms with Crippen molar-refractivity contribution in [2.75, 3.05) is 11.4 Å². The highest BCUT2D eigenvalue weighted by Crippen LogP contribution is 2.31. The van der Waals surface area contributed by atoms with E-state index in [0.29, 0.717) is 29.9 Å². The zero-order chi connectivity index (χ0) is 14.2. The molecule has 0 atom stereocenters. The van der Waals surface area contributed by atoms with Crippen molar-refractivity contribution in [3.63, 3.8) is 0 Å². The monoisotopic (exact) mass is 264 g/mol. The molecule has 0 bridgehead atoms. The number of amides is 1. The Labute approximate surface area is 111 Å². The Hall–Kier alpha value is -1.91. The first-order valence-corrected chi connectivity index (χ1v) is 6.17. The van der Waals surface area contributed by atoms with E-state index in [9.17, 15) is 9.18 Å². The Balaban J connectivity index is 2.51. The van der Waals surface area contributed by atoms with Crippen molar-refractivity contribution in [3.8, 4) is 0 Å². The van der Waals surface area contributed by atoms with Gasteiger partial charge < -0.3 is 10.1 Å². The van der Waals surface area contributed by atoms with Gasteiger partial charge in [-0.15, -0.1) is 0 Å². The van der Waals surface area contributed by atoms with Crippen molar-refractivity contribution in [2.24, 2.45) is 10.6 Å². The minimum absolute atomic E-state index is 0.0302. The molecule has 1 aliphatic heterocycles. The van der Waals surface area contributed by atoms with Crippen LogP contribution in [0.3, 0.4) is 0 Å². The molecule has 1 heterocycles. The van der Waals surface area contributed by atoms with Crippen LogP contribution in [0.5, 0.6) is 0 Å². The van der Waals surface area contributed by atoms with E-state index in [1.807, 2.05) is 20.8 Å². The number of halogens is 1. The van der Waals surface area contributed by atoms with Gasteiger partial charge in [0.1, 0.15) is 5.82 Å². The molecule has 1 aromatic rings. The Morgan fingerprint density at radius 1 is 1.42 bits per heavy atom. The molecule has 1 aliphatic rings. The number of nitrogens with zero attached hydrogens (tertiary/aromatic N) is 2. The molecule has 1 amide bonds. The van der Waals surface area contributed by atoms with Crippen LogP contribution in [0.15, 0.2) is 23.4 Å². The second-order valence-corrected chi connectivity index (χ2v) is 5.66. The lowest BCUT2D eigenvalue weighted by Gasteiger charge is -2.34. The third-order valence-electron chi connectivity index (χ3n) is 3.14. The summed E-state index contributed by atoms with van der Waals surface area (Å²) in [4.78, 5) is 14.0. The largest absolute Gasteiger partial charge is 0.411 e. The van der Waals surface area contributed by atoms with Gasteiger partial charge in [-0.3, -0.25) is 4.79 Å². The first-order valence-electron chi connectivity index (χ1n) is 6.17. The highest BCUT2D eigenvalue weighted by atomic mass is 19.1. The molecule has 0 spiro atoms. The number of anilines is 1. The van der Waals surface area contributed by atoms with Gasteiger partial charge in [0.15, 0.2) is 0 Å². The zero-order valence-electron chi connectivity index (χ0n) is 11.3. The number of hydrogen-bond donors (Lipinski definition) is 1. The SMILES string of the molecule is CC(C)(C)C(=O)N1CCC(=NO)c2cc(F)ccc21. The number of carbonyl (C=O) groups excluding carboxylic acids is 1. The number of fused-ring (bicyclic) bond motifs is 1. The van der Waals surface area contributed by atoms with Crippen LogP contribution < -0.4 is 4.90 Å². The molecule has 0 radical (unpaired) electrons. The third-order valence-corrected chi connectivity index (χ3v) is 3.14. The minimum atomic E-state index is -0.514. The van der Waals surface area contributed by atoms with Gasteiger partial charge >= 0.3 is 0 Å². The Morgan fingerprint density at radius 3 is 2.68 bits per heavy atom. The van der Waals surface area contributed by atoms with Crippen LogP contribution in [-0.4, -0.2) is 23.4 Å². The first-order chi connectivity index (χ1) is 8.84. The van der Waals surface area contributed by atoms with Crippen molar-refractivity contribution in [1.82, 2.24) is 0 Å². The van der Waals surface area contributed by atoms with Crippen molar-refractivity contribution in [1.29, 1.82) is 0 Å². The summed E-state index contributed by atoms with van der Waals surface area (Å²) < 4.78 is 13.3. The molecule has 0 aliphatic carbocycles. The molecular weight excluding hydrogens is 247 g/mol. The maximum absolute atomic E-state index is 13.3. The first kappa shape index (κ1) is 13.5. The smallest absolute Gasteiger partial charge is 0.232 e. The zero-order valence-corrected chi connectivity index (χ0v) is 11.3. The molecule has 19 heavy (non-hydrogen) atoms. The van der Waals surface area contributed by atoms with Crippen LogP contribution in [-0.2, 0) is 4.79 Å². The van der Waals surface area contributed by atoms with Crippen molar-refractivity contribution < 1.29 is 14.4 Å². The number of carbonyl (C=O) groups is 1. The lowest BCUT2D eigenvalue weighted by atomic mass is 9.91. The van der Waals surface area contributed by atoms with Crippen LogP contribution in [0.2, 0.25) is 0 Å². The van der Waals surface area contributed by atoms with E-state index in [2.05, 4.69) is 5.16 Å². The van der Waals surface area contributed by atoms with E-state index in [0.717, 1.165) is 0 Å². The molecule has 102 valence electrons. The van der Waals surface area contributed by atoms with Crippen LogP contribution >= 0.6 is 0 Å². The summed E-state index contributed by atoms with van der Waals surface area (Å²) in [7, 11) is 0. The van der Waals surface area contributed by atoms with E-state index < -0.39 is 11.2 Å². The fourth-order valence-electron chi connectivity index (χ4n) is 2.17. The van der Waals surface area contributed by atoms with E-state index in [1.165, 1.54) is 12.1 Å². The average molecular weight is 264 g/mol. The summed E-state index contributed by atoms with van der Waals surface area (Å²) in [5.41, 5.74) is 0.971. The number of benzene rings is 1. The second-order valence-electron chi connectivity index (χ2n) is 5.66. The molecule has 2 rings (SSSR count). The van der Waals surface area contributed by atoms with Crippen molar-refractivity contribution in [3.05, 3.63) is 29.6 Å². The number of oxime groups is 1. The van der Waals surface area contributed by atoms with Gasteiger partial charge in [-0.2, -0.15) is 0 Å². The summed E-state index contributed by atoms with van der Waals surface area (Å²) in [6, 6.07) is 4.16. The predicted octanol–water partition coefficient (Wildman–Crippen LogP) is 2.79. The standard InChI is InChI=1S/C14H17FN2O2/c1-14(2,3)13(18)17-7-6-11(16-19)10-8-9(15)4-5-12(10)17/h4-5,8,19H,6-7H2,1-3H3. The third kappa shape index (κ3) is 2.45. The topological polar surface area (TPSA) is 52.9 Å². The quantitative estimate of drug-likeness (QED) is 0.578. The van der Waals surface area contributed by atoms with Gasteiger partial charge in [0.2, 0.25) is 5.91 Å². The van der Waals surface area contributed by atoms with Gasteiger partial charge in [-0.05, 0) is 18.2 Å². The fourth-order valence-corrected chi connectivity index (χ4v) is 2.17. The molecule has 0 aromatic heterocycles. The van der Waals surface area contributed by atoms with Crippen LogP contribution in [0.1, 0.15) is 32.8 Å². The summed E-state index contributed by atoms with van der Waals surface area (Å²) >= 11 is 0. The fraction of sp³-hybridized carbons (Fsp3) is 0.429. The molecule has 0 saturated heterocycles. The molecule has 0 saturated carbocycles. The van der Waals surface area contributed by atoms with Crippen molar-refractivity contribution in [2.45, 2.75) is 27.2 Å². The Kier molecular flexibility index (Phi) is 3.30. The molecule has 1 aromatic carbocycles.